The third kappa shape index (κ3) is 3.20. The summed E-state index contributed by atoms with van der Waals surface area (Å²) < 4.78 is 18.2. The van der Waals surface area contributed by atoms with Crippen LogP contribution in [0.3, 0.4) is 0 Å². The van der Waals surface area contributed by atoms with Crippen molar-refractivity contribution in [3.8, 4) is 0 Å². The number of hydrogen-bond donors (Lipinski definition) is 0. The number of thioether (sulfide) groups is 1. The van der Waals surface area contributed by atoms with Crippen LogP contribution in [0, 0.1) is 5.95 Å². The standard InChI is InChI=1S/C15H17FN2OS/c16-15-7-6-11(8-17-15)9-20-10-13-12-4-2-1-3-5-14(12)19-18-13/h6-8H,1-5,9-10H2. The van der Waals surface area contributed by atoms with Crippen molar-refractivity contribution in [3.63, 3.8) is 0 Å². The van der Waals surface area contributed by atoms with Gasteiger partial charge in [-0.25, -0.2) is 4.98 Å². The fourth-order valence-electron chi connectivity index (χ4n) is 2.50. The summed E-state index contributed by atoms with van der Waals surface area (Å²) in [4.78, 5) is 3.66. The zero-order chi connectivity index (χ0) is 13.8. The van der Waals surface area contributed by atoms with E-state index in [1.807, 2.05) is 0 Å². The molecule has 0 saturated carbocycles. The van der Waals surface area contributed by atoms with Gasteiger partial charge in [-0.1, -0.05) is 17.6 Å². The molecular weight excluding hydrogens is 275 g/mol. The third-order valence-electron chi connectivity index (χ3n) is 3.58. The molecule has 0 aliphatic heterocycles. The molecule has 2 aromatic rings. The molecule has 2 heterocycles. The van der Waals surface area contributed by atoms with Gasteiger partial charge in [0, 0.05) is 29.7 Å². The average molecular weight is 292 g/mol. The maximum Gasteiger partial charge on any atom is 0.212 e. The Balaban J connectivity index is 1.58. The van der Waals surface area contributed by atoms with Crippen molar-refractivity contribution in [2.75, 3.05) is 0 Å². The summed E-state index contributed by atoms with van der Waals surface area (Å²) in [6.45, 7) is 0. The minimum Gasteiger partial charge on any atom is -0.361 e. The molecule has 0 aromatic carbocycles. The van der Waals surface area contributed by atoms with Gasteiger partial charge in [-0.15, -0.1) is 0 Å². The summed E-state index contributed by atoms with van der Waals surface area (Å²) in [5.74, 6) is 2.31. The Morgan fingerprint density at radius 3 is 2.90 bits per heavy atom. The minimum atomic E-state index is -0.430. The molecule has 0 amide bonds. The molecule has 0 saturated heterocycles. The highest BCUT2D eigenvalue weighted by Crippen LogP contribution is 2.27. The largest absolute Gasteiger partial charge is 0.361 e. The molecule has 0 bridgehead atoms. The summed E-state index contributed by atoms with van der Waals surface area (Å²) in [7, 11) is 0. The second-order valence-corrected chi connectivity index (χ2v) is 6.06. The highest BCUT2D eigenvalue weighted by Gasteiger charge is 2.17. The molecule has 0 radical (unpaired) electrons. The van der Waals surface area contributed by atoms with Crippen LogP contribution < -0.4 is 0 Å². The van der Waals surface area contributed by atoms with E-state index in [9.17, 15) is 4.39 Å². The van der Waals surface area contributed by atoms with Gasteiger partial charge >= 0.3 is 0 Å². The maximum absolute atomic E-state index is 12.7. The fourth-order valence-corrected chi connectivity index (χ4v) is 3.43. The molecule has 2 aromatic heterocycles. The smallest absolute Gasteiger partial charge is 0.212 e. The predicted octanol–water partition coefficient (Wildman–Crippen LogP) is 3.91. The Kier molecular flexibility index (Phi) is 4.35. The predicted molar refractivity (Wildman–Crippen MR) is 77.0 cm³/mol. The van der Waals surface area contributed by atoms with Gasteiger partial charge in [-0.3, -0.25) is 0 Å². The first-order chi connectivity index (χ1) is 9.83. The second kappa shape index (κ2) is 6.39. The number of fused-ring (bicyclic) bond motifs is 1. The van der Waals surface area contributed by atoms with Crippen LogP contribution in [-0.4, -0.2) is 10.1 Å². The molecule has 0 spiro atoms. The Hall–Kier alpha value is -1.36. The molecule has 3 nitrogen and oxygen atoms in total. The molecule has 0 atom stereocenters. The van der Waals surface area contributed by atoms with Crippen LogP contribution in [0.15, 0.2) is 22.9 Å². The van der Waals surface area contributed by atoms with Gasteiger partial charge in [-0.2, -0.15) is 16.2 Å². The maximum atomic E-state index is 12.7. The van der Waals surface area contributed by atoms with Crippen LogP contribution in [0.1, 0.15) is 41.8 Å². The van der Waals surface area contributed by atoms with Crippen LogP contribution >= 0.6 is 11.8 Å². The van der Waals surface area contributed by atoms with Crippen LogP contribution in [0.4, 0.5) is 4.39 Å². The van der Waals surface area contributed by atoms with E-state index >= 15 is 0 Å². The van der Waals surface area contributed by atoms with Gasteiger partial charge in [0.25, 0.3) is 0 Å². The van der Waals surface area contributed by atoms with E-state index in [-0.39, 0.29) is 0 Å². The van der Waals surface area contributed by atoms with E-state index in [1.165, 1.54) is 30.9 Å². The fraction of sp³-hybridized carbons (Fsp3) is 0.467. The molecule has 1 aliphatic carbocycles. The number of hydrogen-bond acceptors (Lipinski definition) is 4. The number of rotatable bonds is 4. The molecule has 106 valence electrons. The van der Waals surface area contributed by atoms with Crippen LogP contribution in [-0.2, 0) is 24.3 Å². The first-order valence-electron chi connectivity index (χ1n) is 6.97. The van der Waals surface area contributed by atoms with Crippen molar-refractivity contribution >= 4 is 11.8 Å². The van der Waals surface area contributed by atoms with E-state index in [0.717, 1.165) is 41.4 Å². The van der Waals surface area contributed by atoms with Crippen molar-refractivity contribution in [2.45, 2.75) is 43.6 Å². The molecule has 20 heavy (non-hydrogen) atoms. The van der Waals surface area contributed by atoms with Crippen LogP contribution in [0.25, 0.3) is 0 Å². The molecule has 3 rings (SSSR count). The van der Waals surface area contributed by atoms with Gasteiger partial charge in [0.1, 0.15) is 5.76 Å². The Morgan fingerprint density at radius 2 is 2.05 bits per heavy atom. The van der Waals surface area contributed by atoms with Gasteiger partial charge in [0.2, 0.25) is 5.95 Å². The Bertz CT molecular complexity index is 568. The lowest BCUT2D eigenvalue weighted by molar-refractivity contribution is 0.376. The number of pyridine rings is 1. The second-order valence-electron chi connectivity index (χ2n) is 5.07. The van der Waals surface area contributed by atoms with Crippen molar-refractivity contribution in [1.82, 2.24) is 10.1 Å². The molecule has 1 aliphatic rings. The molecule has 0 N–H and O–H groups in total. The van der Waals surface area contributed by atoms with Crippen LogP contribution in [0.2, 0.25) is 0 Å². The highest BCUT2D eigenvalue weighted by atomic mass is 32.2. The monoisotopic (exact) mass is 292 g/mol. The zero-order valence-electron chi connectivity index (χ0n) is 11.3. The van der Waals surface area contributed by atoms with E-state index < -0.39 is 5.95 Å². The van der Waals surface area contributed by atoms with Gasteiger partial charge < -0.3 is 4.52 Å². The number of nitrogens with zero attached hydrogens (tertiary/aromatic N) is 2. The number of halogens is 1. The zero-order valence-corrected chi connectivity index (χ0v) is 12.1. The SMILES string of the molecule is Fc1ccc(CSCc2noc3c2CCCCC3)cn1. The quantitative estimate of drug-likeness (QED) is 0.632. The summed E-state index contributed by atoms with van der Waals surface area (Å²) in [6, 6.07) is 3.18. The van der Waals surface area contributed by atoms with E-state index in [0.29, 0.717) is 0 Å². The van der Waals surface area contributed by atoms with E-state index in [4.69, 9.17) is 4.52 Å². The van der Waals surface area contributed by atoms with Crippen LogP contribution in [0.5, 0.6) is 0 Å². The number of aromatic nitrogens is 2. The summed E-state index contributed by atoms with van der Waals surface area (Å²) >= 11 is 1.76. The molecule has 0 fully saturated rings. The topological polar surface area (TPSA) is 38.9 Å². The number of aryl methyl sites for hydroxylation is 1. The minimum absolute atomic E-state index is 0.430. The molecule has 5 heteroatoms. The van der Waals surface area contributed by atoms with E-state index in [2.05, 4.69) is 10.1 Å². The van der Waals surface area contributed by atoms with Crippen molar-refractivity contribution in [2.24, 2.45) is 0 Å². The molecule has 0 unspecified atom stereocenters. The normalized spacial score (nSPS) is 14.8. The van der Waals surface area contributed by atoms with Crippen molar-refractivity contribution in [3.05, 3.63) is 46.9 Å². The van der Waals surface area contributed by atoms with Crippen molar-refractivity contribution < 1.29 is 8.91 Å². The van der Waals surface area contributed by atoms with Gasteiger partial charge in [0.05, 0.1) is 5.69 Å². The Labute approximate surface area is 122 Å². The average Bonchev–Trinajstić information content (AvgIpc) is 2.70. The summed E-state index contributed by atoms with van der Waals surface area (Å²) in [6.07, 6.45) is 7.41. The first kappa shape index (κ1) is 13.6. The third-order valence-corrected chi connectivity index (χ3v) is 4.59. The lowest BCUT2D eigenvalue weighted by atomic mass is 10.1. The van der Waals surface area contributed by atoms with E-state index in [1.54, 1.807) is 24.0 Å². The summed E-state index contributed by atoms with van der Waals surface area (Å²) in [5, 5.41) is 4.21. The first-order valence-corrected chi connectivity index (χ1v) is 8.13. The van der Waals surface area contributed by atoms with Gasteiger partial charge in [-0.05, 0) is 30.9 Å². The Morgan fingerprint density at radius 1 is 1.15 bits per heavy atom. The highest BCUT2D eigenvalue weighted by molar-refractivity contribution is 7.97. The summed E-state index contributed by atoms with van der Waals surface area (Å²) in [5.41, 5.74) is 3.44. The molecular formula is C15H17FN2OS. The van der Waals surface area contributed by atoms with Gasteiger partial charge in [0.15, 0.2) is 0 Å². The van der Waals surface area contributed by atoms with Crippen molar-refractivity contribution in [1.29, 1.82) is 0 Å². The lowest BCUT2D eigenvalue weighted by Gasteiger charge is -2.02. The lowest BCUT2D eigenvalue weighted by Crippen LogP contribution is -1.92.